The van der Waals surface area contributed by atoms with Gasteiger partial charge < -0.3 is 10.7 Å². The highest BCUT2D eigenvalue weighted by molar-refractivity contribution is 5.56. The minimum atomic E-state index is 0.668. The zero-order valence-electron chi connectivity index (χ0n) is 10.9. The number of nitrogens with one attached hydrogen (secondary N) is 2. The molecule has 2 aromatic heterocycles. The van der Waals surface area contributed by atoms with Gasteiger partial charge in [0.05, 0.1) is 0 Å². The Morgan fingerprint density at radius 2 is 2.11 bits per heavy atom. The molecule has 0 radical (unpaired) electrons. The predicted molar refractivity (Wildman–Crippen MR) is 75.7 cm³/mol. The monoisotopic (exact) mass is 258 g/mol. The first-order valence-electron chi connectivity index (χ1n) is 6.28. The Morgan fingerprint density at radius 1 is 1.26 bits per heavy atom. The number of nitrogen functional groups attached to an aromatic ring is 1. The Labute approximate surface area is 112 Å². The van der Waals surface area contributed by atoms with Crippen molar-refractivity contribution >= 4 is 11.6 Å². The van der Waals surface area contributed by atoms with Crippen molar-refractivity contribution in [2.45, 2.75) is 19.8 Å². The molecule has 0 aliphatic heterocycles. The van der Waals surface area contributed by atoms with Crippen LogP contribution in [0.5, 0.6) is 0 Å². The van der Waals surface area contributed by atoms with Crippen molar-refractivity contribution in [2.24, 2.45) is 5.84 Å². The molecule has 0 amide bonds. The normalized spacial score (nSPS) is 10.2. The number of hydrogen-bond donors (Lipinski definition) is 3. The van der Waals surface area contributed by atoms with E-state index in [0.717, 1.165) is 30.8 Å². The molecule has 0 atom stereocenters. The highest BCUT2D eigenvalue weighted by atomic mass is 15.3. The Kier molecular flexibility index (Phi) is 4.63. The van der Waals surface area contributed by atoms with Gasteiger partial charge in [-0.05, 0) is 24.5 Å². The summed E-state index contributed by atoms with van der Waals surface area (Å²) in [6.45, 7) is 2.84. The standard InChI is InChI=1S/C13H18N6/c1-2-11-12(17-9-18-13(11)19-14)16-7-5-10-4-3-6-15-8-10/h3-4,6,8-9H,2,5,7,14H2,1H3,(H2,16,17,18,19). The van der Waals surface area contributed by atoms with Crippen molar-refractivity contribution in [3.05, 3.63) is 42.0 Å². The Hall–Kier alpha value is -2.21. The van der Waals surface area contributed by atoms with Crippen molar-refractivity contribution in [2.75, 3.05) is 17.3 Å². The average molecular weight is 258 g/mol. The summed E-state index contributed by atoms with van der Waals surface area (Å²) >= 11 is 0. The second-order valence-corrected chi connectivity index (χ2v) is 4.09. The van der Waals surface area contributed by atoms with Gasteiger partial charge in [-0.15, -0.1) is 0 Å². The zero-order valence-corrected chi connectivity index (χ0v) is 10.9. The van der Waals surface area contributed by atoms with Crippen LogP contribution in [0, 0.1) is 0 Å². The summed E-state index contributed by atoms with van der Waals surface area (Å²) in [7, 11) is 0. The van der Waals surface area contributed by atoms with E-state index in [4.69, 9.17) is 5.84 Å². The molecule has 0 fully saturated rings. The van der Waals surface area contributed by atoms with Gasteiger partial charge in [0.25, 0.3) is 0 Å². The highest BCUT2D eigenvalue weighted by Gasteiger charge is 2.08. The Morgan fingerprint density at radius 3 is 2.79 bits per heavy atom. The molecule has 0 spiro atoms. The van der Waals surface area contributed by atoms with E-state index in [9.17, 15) is 0 Å². The number of pyridine rings is 1. The number of nitrogens with zero attached hydrogens (tertiary/aromatic N) is 3. The first kappa shape index (κ1) is 13.2. The van der Waals surface area contributed by atoms with E-state index < -0.39 is 0 Å². The summed E-state index contributed by atoms with van der Waals surface area (Å²) in [6.07, 6.45) is 6.85. The van der Waals surface area contributed by atoms with Gasteiger partial charge in [-0.25, -0.2) is 15.8 Å². The molecule has 0 aliphatic rings. The van der Waals surface area contributed by atoms with Gasteiger partial charge in [0.1, 0.15) is 18.0 Å². The third-order valence-electron chi connectivity index (χ3n) is 2.86. The van der Waals surface area contributed by atoms with Crippen LogP contribution in [0.4, 0.5) is 11.6 Å². The molecule has 0 saturated heterocycles. The van der Waals surface area contributed by atoms with E-state index in [1.54, 1.807) is 6.20 Å². The minimum absolute atomic E-state index is 0.668. The van der Waals surface area contributed by atoms with Gasteiger partial charge in [0.2, 0.25) is 0 Å². The second kappa shape index (κ2) is 6.65. The summed E-state index contributed by atoms with van der Waals surface area (Å²) in [4.78, 5) is 12.4. The molecular weight excluding hydrogens is 240 g/mol. The van der Waals surface area contributed by atoms with Gasteiger partial charge in [-0.2, -0.15) is 0 Å². The number of anilines is 2. The lowest BCUT2D eigenvalue weighted by Gasteiger charge is -2.12. The first-order valence-corrected chi connectivity index (χ1v) is 6.28. The Balaban J connectivity index is 2.00. The fourth-order valence-electron chi connectivity index (χ4n) is 1.90. The van der Waals surface area contributed by atoms with E-state index in [0.29, 0.717) is 5.82 Å². The fourth-order valence-corrected chi connectivity index (χ4v) is 1.90. The van der Waals surface area contributed by atoms with Crippen LogP contribution in [0.15, 0.2) is 30.9 Å². The zero-order chi connectivity index (χ0) is 13.5. The minimum Gasteiger partial charge on any atom is -0.369 e. The van der Waals surface area contributed by atoms with Crippen LogP contribution in [0.2, 0.25) is 0 Å². The third-order valence-corrected chi connectivity index (χ3v) is 2.86. The van der Waals surface area contributed by atoms with Crippen LogP contribution in [-0.4, -0.2) is 21.5 Å². The van der Waals surface area contributed by atoms with E-state index >= 15 is 0 Å². The highest BCUT2D eigenvalue weighted by Crippen LogP contribution is 2.19. The molecule has 4 N–H and O–H groups in total. The summed E-state index contributed by atoms with van der Waals surface area (Å²) in [5, 5.41) is 3.31. The van der Waals surface area contributed by atoms with Crippen LogP contribution in [-0.2, 0) is 12.8 Å². The number of rotatable bonds is 6. The smallest absolute Gasteiger partial charge is 0.148 e. The van der Waals surface area contributed by atoms with Gasteiger partial charge in [0.15, 0.2) is 0 Å². The molecule has 0 unspecified atom stereocenters. The van der Waals surface area contributed by atoms with Crippen molar-refractivity contribution in [1.82, 2.24) is 15.0 Å². The van der Waals surface area contributed by atoms with Gasteiger partial charge in [-0.1, -0.05) is 13.0 Å². The average Bonchev–Trinajstić information content (AvgIpc) is 2.48. The lowest BCUT2D eigenvalue weighted by molar-refractivity contribution is 0.965. The first-order chi connectivity index (χ1) is 9.35. The summed E-state index contributed by atoms with van der Waals surface area (Å²) < 4.78 is 0. The van der Waals surface area contributed by atoms with Crippen molar-refractivity contribution < 1.29 is 0 Å². The quantitative estimate of drug-likeness (QED) is 0.536. The van der Waals surface area contributed by atoms with E-state index in [2.05, 4.69) is 31.8 Å². The largest absolute Gasteiger partial charge is 0.369 e. The van der Waals surface area contributed by atoms with E-state index in [1.807, 2.05) is 19.2 Å². The number of aromatic nitrogens is 3. The number of nitrogens with two attached hydrogens (primary N) is 1. The molecule has 0 aromatic carbocycles. The SMILES string of the molecule is CCc1c(NN)ncnc1NCCc1cccnc1. The lowest BCUT2D eigenvalue weighted by atomic mass is 10.2. The van der Waals surface area contributed by atoms with Gasteiger partial charge in [-0.3, -0.25) is 4.98 Å². The van der Waals surface area contributed by atoms with Crippen molar-refractivity contribution in [3.63, 3.8) is 0 Å². The van der Waals surface area contributed by atoms with Crippen LogP contribution >= 0.6 is 0 Å². The van der Waals surface area contributed by atoms with Gasteiger partial charge in [0, 0.05) is 24.5 Å². The van der Waals surface area contributed by atoms with Gasteiger partial charge >= 0.3 is 0 Å². The topological polar surface area (TPSA) is 88.8 Å². The molecular formula is C13H18N6. The molecule has 2 rings (SSSR count). The lowest BCUT2D eigenvalue weighted by Crippen LogP contribution is -2.15. The maximum Gasteiger partial charge on any atom is 0.148 e. The van der Waals surface area contributed by atoms with Crippen molar-refractivity contribution in [1.29, 1.82) is 0 Å². The predicted octanol–water partition coefficient (Wildman–Crippen LogP) is 1.37. The molecule has 6 nitrogen and oxygen atoms in total. The van der Waals surface area contributed by atoms with E-state index in [1.165, 1.54) is 11.9 Å². The summed E-state index contributed by atoms with van der Waals surface area (Å²) in [5.41, 5.74) is 4.78. The molecule has 6 heteroatoms. The second-order valence-electron chi connectivity index (χ2n) is 4.09. The van der Waals surface area contributed by atoms with Crippen LogP contribution in [0.25, 0.3) is 0 Å². The third kappa shape index (κ3) is 3.38. The molecule has 100 valence electrons. The van der Waals surface area contributed by atoms with Crippen LogP contribution in [0.1, 0.15) is 18.1 Å². The van der Waals surface area contributed by atoms with Crippen molar-refractivity contribution in [3.8, 4) is 0 Å². The summed E-state index contributed by atoms with van der Waals surface area (Å²) in [5.74, 6) is 6.93. The maximum atomic E-state index is 5.44. The number of hydrogen-bond acceptors (Lipinski definition) is 6. The molecule has 19 heavy (non-hydrogen) atoms. The molecule has 0 saturated carbocycles. The molecule has 0 bridgehead atoms. The maximum absolute atomic E-state index is 5.44. The molecule has 2 heterocycles. The molecule has 0 aliphatic carbocycles. The van der Waals surface area contributed by atoms with E-state index in [-0.39, 0.29) is 0 Å². The molecule has 2 aromatic rings. The van der Waals surface area contributed by atoms with Crippen LogP contribution < -0.4 is 16.6 Å². The number of hydrazine groups is 1. The Bertz CT molecular complexity index is 514. The van der Waals surface area contributed by atoms with Crippen LogP contribution in [0.3, 0.4) is 0 Å². The fraction of sp³-hybridized carbons (Fsp3) is 0.308. The summed E-state index contributed by atoms with van der Waals surface area (Å²) in [6, 6.07) is 4.00.